The first-order chi connectivity index (χ1) is 12.1. The number of carbonyl (C=O) groups excluding carboxylic acids is 2. The van der Waals surface area contributed by atoms with E-state index in [2.05, 4.69) is 15.3 Å². The summed E-state index contributed by atoms with van der Waals surface area (Å²) in [6.07, 6.45) is 0.295. The molecule has 0 saturated carbocycles. The number of rotatable bonds is 7. The van der Waals surface area contributed by atoms with Crippen molar-refractivity contribution in [3.05, 3.63) is 39.0 Å². The van der Waals surface area contributed by atoms with Gasteiger partial charge in [0.05, 0.1) is 30.8 Å². The van der Waals surface area contributed by atoms with E-state index in [1.807, 2.05) is 22.2 Å². The lowest BCUT2D eigenvalue weighted by atomic mass is 10.3. The second-order valence-corrected chi connectivity index (χ2v) is 7.50. The van der Waals surface area contributed by atoms with Crippen LogP contribution in [0.4, 0.5) is 5.13 Å². The number of amides is 1. The Morgan fingerprint density at radius 3 is 2.68 bits per heavy atom. The number of esters is 1. The van der Waals surface area contributed by atoms with Gasteiger partial charge < -0.3 is 10.1 Å². The van der Waals surface area contributed by atoms with Gasteiger partial charge in [0.15, 0.2) is 5.13 Å². The van der Waals surface area contributed by atoms with Gasteiger partial charge >= 0.3 is 5.97 Å². The van der Waals surface area contributed by atoms with Crippen LogP contribution >= 0.6 is 34.0 Å². The zero-order valence-corrected chi connectivity index (χ0v) is 15.8. The van der Waals surface area contributed by atoms with Gasteiger partial charge in [-0.05, 0) is 18.4 Å². The lowest BCUT2D eigenvalue weighted by Crippen LogP contribution is -2.14. The lowest BCUT2D eigenvalue weighted by molar-refractivity contribution is -0.142. The molecule has 25 heavy (non-hydrogen) atoms. The summed E-state index contributed by atoms with van der Waals surface area (Å²) in [5.74, 6) is -0.506. The summed E-state index contributed by atoms with van der Waals surface area (Å²) in [4.78, 5) is 32.3. The van der Waals surface area contributed by atoms with E-state index in [1.54, 1.807) is 23.6 Å². The largest absolute Gasteiger partial charge is 0.466 e. The van der Waals surface area contributed by atoms with Crippen LogP contribution in [0.3, 0.4) is 0 Å². The number of thiazole rings is 2. The number of hydrogen-bond acceptors (Lipinski definition) is 8. The van der Waals surface area contributed by atoms with E-state index in [1.165, 1.54) is 22.7 Å². The van der Waals surface area contributed by atoms with E-state index in [9.17, 15) is 9.59 Å². The Bertz CT molecular complexity index is 855. The van der Waals surface area contributed by atoms with Crippen molar-refractivity contribution in [1.29, 1.82) is 0 Å². The molecule has 9 heteroatoms. The molecule has 0 aliphatic rings. The van der Waals surface area contributed by atoms with Crippen LogP contribution in [0.1, 0.15) is 18.3 Å². The zero-order chi connectivity index (χ0) is 17.6. The van der Waals surface area contributed by atoms with Crippen molar-refractivity contribution in [3.63, 3.8) is 0 Å². The van der Waals surface area contributed by atoms with Gasteiger partial charge in [0, 0.05) is 21.7 Å². The van der Waals surface area contributed by atoms with Crippen LogP contribution < -0.4 is 5.32 Å². The molecule has 0 radical (unpaired) electrons. The molecule has 0 aliphatic heterocycles. The predicted octanol–water partition coefficient (Wildman–Crippen LogP) is 3.61. The molecule has 0 fully saturated rings. The average molecular weight is 394 g/mol. The van der Waals surface area contributed by atoms with Crippen LogP contribution in [0.2, 0.25) is 0 Å². The molecule has 0 spiro atoms. The molecule has 1 N–H and O–H groups in total. The van der Waals surface area contributed by atoms with Crippen molar-refractivity contribution >= 4 is 51.0 Å². The van der Waals surface area contributed by atoms with Crippen LogP contribution in [0.25, 0.3) is 10.6 Å². The molecule has 0 aliphatic carbocycles. The van der Waals surface area contributed by atoms with Gasteiger partial charge in [0.1, 0.15) is 5.01 Å². The highest BCUT2D eigenvalue weighted by atomic mass is 32.1. The molecule has 3 heterocycles. The van der Waals surface area contributed by atoms with Crippen molar-refractivity contribution in [2.24, 2.45) is 0 Å². The molecule has 3 aromatic rings. The summed E-state index contributed by atoms with van der Waals surface area (Å²) in [5, 5.41) is 11.8. The number of thiophene rings is 1. The third-order valence-corrected chi connectivity index (χ3v) is 5.52. The van der Waals surface area contributed by atoms with Gasteiger partial charge in [-0.2, -0.15) is 11.3 Å². The maximum atomic E-state index is 12.1. The lowest BCUT2D eigenvalue weighted by Gasteiger charge is -2.00. The summed E-state index contributed by atoms with van der Waals surface area (Å²) in [7, 11) is 0. The number of nitrogens with zero attached hydrogens (tertiary/aromatic N) is 2. The molecule has 3 aromatic heterocycles. The molecule has 0 atom stereocenters. The predicted molar refractivity (Wildman–Crippen MR) is 100 cm³/mol. The number of hydrogen-bond donors (Lipinski definition) is 1. The highest BCUT2D eigenvalue weighted by Crippen LogP contribution is 2.26. The first-order valence-electron chi connectivity index (χ1n) is 7.51. The van der Waals surface area contributed by atoms with Crippen LogP contribution in [0.15, 0.2) is 27.6 Å². The van der Waals surface area contributed by atoms with Crippen molar-refractivity contribution in [2.75, 3.05) is 11.9 Å². The van der Waals surface area contributed by atoms with Gasteiger partial charge in [-0.1, -0.05) is 0 Å². The van der Waals surface area contributed by atoms with Crippen LogP contribution in [-0.4, -0.2) is 28.5 Å². The number of nitrogens with one attached hydrogen (secondary N) is 1. The minimum Gasteiger partial charge on any atom is -0.466 e. The maximum absolute atomic E-state index is 12.1. The second-order valence-electron chi connectivity index (χ2n) is 5.01. The van der Waals surface area contributed by atoms with Crippen molar-refractivity contribution in [2.45, 2.75) is 19.8 Å². The van der Waals surface area contributed by atoms with E-state index in [0.29, 0.717) is 17.4 Å². The Labute approximate surface area is 156 Å². The van der Waals surface area contributed by atoms with Gasteiger partial charge in [0.25, 0.3) is 0 Å². The molecule has 130 valence electrons. The molecule has 6 nitrogen and oxygen atoms in total. The Kier molecular flexibility index (Phi) is 5.90. The third-order valence-electron chi connectivity index (χ3n) is 3.09. The molecular formula is C16H15N3O3S3. The van der Waals surface area contributed by atoms with Crippen molar-refractivity contribution < 1.29 is 14.3 Å². The molecule has 0 aromatic carbocycles. The second kappa shape index (κ2) is 8.32. The van der Waals surface area contributed by atoms with Crippen molar-refractivity contribution in [3.8, 4) is 10.6 Å². The minimum absolute atomic E-state index is 0.107. The third kappa shape index (κ3) is 4.94. The number of aromatic nitrogens is 2. The zero-order valence-electron chi connectivity index (χ0n) is 13.4. The number of ether oxygens (including phenoxy) is 1. The first kappa shape index (κ1) is 17.7. The monoisotopic (exact) mass is 393 g/mol. The van der Waals surface area contributed by atoms with Gasteiger partial charge in [-0.25, -0.2) is 9.97 Å². The van der Waals surface area contributed by atoms with Crippen LogP contribution in [0, 0.1) is 0 Å². The standard InChI is InChI=1S/C16H15N3O3S3/c1-2-22-14(21)6-12-9-25-16(18-12)19-13(20)5-11-8-24-15(17-11)10-3-4-23-7-10/h3-4,7-9H,2,5-6H2,1H3,(H,18,19,20). The molecule has 0 saturated heterocycles. The Morgan fingerprint density at radius 1 is 1.12 bits per heavy atom. The molecule has 3 rings (SSSR count). The number of anilines is 1. The summed E-state index contributed by atoms with van der Waals surface area (Å²) in [5.41, 5.74) is 2.39. The highest BCUT2D eigenvalue weighted by molar-refractivity contribution is 7.14. The molecule has 0 unspecified atom stereocenters. The Balaban J connectivity index is 1.54. The Morgan fingerprint density at radius 2 is 1.92 bits per heavy atom. The normalized spacial score (nSPS) is 10.6. The molecule has 0 bridgehead atoms. The summed E-state index contributed by atoms with van der Waals surface area (Å²) in [6, 6.07) is 2.01. The average Bonchev–Trinajstić information content (AvgIpc) is 3.29. The van der Waals surface area contributed by atoms with Crippen LogP contribution in [0.5, 0.6) is 0 Å². The SMILES string of the molecule is CCOC(=O)Cc1csc(NC(=O)Cc2csc(-c3ccsc3)n2)n1. The number of carbonyl (C=O) groups is 2. The minimum atomic E-state index is -0.325. The quantitative estimate of drug-likeness (QED) is 0.620. The smallest absolute Gasteiger partial charge is 0.311 e. The summed E-state index contributed by atoms with van der Waals surface area (Å²) < 4.78 is 4.88. The van der Waals surface area contributed by atoms with Gasteiger partial charge in [0.2, 0.25) is 5.91 Å². The van der Waals surface area contributed by atoms with E-state index in [-0.39, 0.29) is 24.7 Å². The topological polar surface area (TPSA) is 81.2 Å². The van der Waals surface area contributed by atoms with E-state index in [0.717, 1.165) is 16.3 Å². The summed E-state index contributed by atoms with van der Waals surface area (Å²) in [6.45, 7) is 2.10. The fourth-order valence-corrected chi connectivity index (χ4v) is 4.30. The fraction of sp³-hybridized carbons (Fsp3) is 0.250. The molecule has 1 amide bonds. The Hall–Kier alpha value is -2.10. The van der Waals surface area contributed by atoms with Crippen LogP contribution in [-0.2, 0) is 27.2 Å². The maximum Gasteiger partial charge on any atom is 0.311 e. The fourth-order valence-electron chi connectivity index (χ4n) is 2.04. The van der Waals surface area contributed by atoms with Gasteiger partial charge in [-0.3, -0.25) is 9.59 Å². The van der Waals surface area contributed by atoms with E-state index in [4.69, 9.17) is 4.74 Å². The van der Waals surface area contributed by atoms with Gasteiger partial charge in [-0.15, -0.1) is 22.7 Å². The van der Waals surface area contributed by atoms with E-state index < -0.39 is 0 Å². The summed E-state index contributed by atoms with van der Waals surface area (Å²) >= 11 is 4.42. The first-order valence-corrected chi connectivity index (χ1v) is 10.2. The van der Waals surface area contributed by atoms with E-state index >= 15 is 0 Å². The molecular weight excluding hydrogens is 378 g/mol. The highest BCUT2D eigenvalue weighted by Gasteiger charge is 2.13. The van der Waals surface area contributed by atoms with Crippen molar-refractivity contribution in [1.82, 2.24) is 9.97 Å².